The van der Waals surface area contributed by atoms with E-state index in [2.05, 4.69) is 15.3 Å². The lowest BCUT2D eigenvalue weighted by Gasteiger charge is -2.06. The van der Waals surface area contributed by atoms with Crippen LogP contribution in [0.2, 0.25) is 0 Å². The molecule has 134 valence electrons. The zero-order valence-corrected chi connectivity index (χ0v) is 16.5. The number of carbonyl (C=O) groups excluding carboxylic acids is 1. The van der Waals surface area contributed by atoms with Gasteiger partial charge in [-0.2, -0.15) is 0 Å². The van der Waals surface area contributed by atoms with Crippen LogP contribution in [0.25, 0.3) is 21.8 Å². The van der Waals surface area contributed by atoms with Crippen LogP contribution < -0.4 is 5.32 Å². The summed E-state index contributed by atoms with van der Waals surface area (Å²) < 4.78 is 0. The number of thiazole rings is 2. The summed E-state index contributed by atoms with van der Waals surface area (Å²) in [5.41, 5.74) is 4.42. The van der Waals surface area contributed by atoms with Crippen molar-refractivity contribution in [1.29, 1.82) is 0 Å². The molecule has 0 fully saturated rings. The SMILES string of the molecule is Cc1nc(-c2cccc(NC(=O)c3sc(-c4ccccc4)nc3C)c2)cs1. The molecule has 0 saturated heterocycles. The standard InChI is InChI=1S/C21H17N3OS2/c1-13-19(27-21(22-13)15-7-4-3-5-8-15)20(25)24-17-10-6-9-16(11-17)18-12-26-14(2)23-18/h3-12H,1-2H3,(H,24,25). The first-order valence-corrected chi connectivity index (χ1v) is 10.2. The van der Waals surface area contributed by atoms with Crippen molar-refractivity contribution in [3.63, 3.8) is 0 Å². The number of aryl methyl sites for hydroxylation is 2. The Morgan fingerprint density at radius 2 is 1.74 bits per heavy atom. The molecule has 0 bridgehead atoms. The number of anilines is 1. The molecule has 0 saturated carbocycles. The summed E-state index contributed by atoms with van der Waals surface area (Å²) in [4.78, 5) is 22.5. The van der Waals surface area contributed by atoms with E-state index < -0.39 is 0 Å². The minimum absolute atomic E-state index is 0.140. The maximum atomic E-state index is 12.8. The molecule has 2 aromatic carbocycles. The highest BCUT2D eigenvalue weighted by molar-refractivity contribution is 7.17. The van der Waals surface area contributed by atoms with E-state index in [0.717, 1.165) is 38.2 Å². The van der Waals surface area contributed by atoms with Gasteiger partial charge in [-0.25, -0.2) is 9.97 Å². The number of benzene rings is 2. The number of carbonyl (C=O) groups is 1. The van der Waals surface area contributed by atoms with E-state index in [1.54, 1.807) is 11.3 Å². The van der Waals surface area contributed by atoms with Gasteiger partial charge in [-0.1, -0.05) is 42.5 Å². The van der Waals surface area contributed by atoms with E-state index in [1.807, 2.05) is 73.8 Å². The molecule has 0 radical (unpaired) electrons. The van der Waals surface area contributed by atoms with Gasteiger partial charge < -0.3 is 5.32 Å². The second-order valence-corrected chi connectivity index (χ2v) is 8.15. The molecule has 0 aliphatic rings. The molecule has 0 aliphatic carbocycles. The van der Waals surface area contributed by atoms with Gasteiger partial charge in [0.1, 0.15) is 9.88 Å². The molecule has 1 amide bonds. The third-order valence-electron chi connectivity index (χ3n) is 4.06. The number of aromatic nitrogens is 2. The number of hydrogen-bond donors (Lipinski definition) is 1. The predicted molar refractivity (Wildman–Crippen MR) is 113 cm³/mol. The normalized spacial score (nSPS) is 10.7. The minimum atomic E-state index is -0.140. The fourth-order valence-electron chi connectivity index (χ4n) is 2.75. The molecule has 0 spiro atoms. The van der Waals surface area contributed by atoms with Crippen molar-refractivity contribution in [2.45, 2.75) is 13.8 Å². The molecule has 0 atom stereocenters. The Morgan fingerprint density at radius 3 is 2.48 bits per heavy atom. The van der Waals surface area contributed by atoms with Gasteiger partial charge in [0.05, 0.1) is 16.4 Å². The molecule has 4 rings (SSSR count). The first-order chi connectivity index (χ1) is 13.1. The maximum absolute atomic E-state index is 12.8. The van der Waals surface area contributed by atoms with Crippen molar-refractivity contribution in [2.24, 2.45) is 0 Å². The first-order valence-electron chi connectivity index (χ1n) is 8.47. The summed E-state index contributed by atoms with van der Waals surface area (Å²) in [6.45, 7) is 3.85. The van der Waals surface area contributed by atoms with Crippen LogP contribution in [0, 0.1) is 13.8 Å². The predicted octanol–water partition coefficient (Wildman–Crippen LogP) is 5.80. The second kappa shape index (κ2) is 7.42. The van der Waals surface area contributed by atoms with Crippen LogP contribution >= 0.6 is 22.7 Å². The third kappa shape index (κ3) is 3.82. The molecule has 4 nitrogen and oxygen atoms in total. The van der Waals surface area contributed by atoms with Crippen LogP contribution in [0.15, 0.2) is 60.0 Å². The Balaban J connectivity index is 1.57. The molecule has 2 heterocycles. The second-order valence-electron chi connectivity index (χ2n) is 6.09. The number of rotatable bonds is 4. The Labute approximate surface area is 165 Å². The number of nitrogens with zero attached hydrogens (tertiary/aromatic N) is 2. The monoisotopic (exact) mass is 391 g/mol. The van der Waals surface area contributed by atoms with E-state index >= 15 is 0 Å². The van der Waals surface area contributed by atoms with Crippen molar-refractivity contribution in [3.8, 4) is 21.8 Å². The molecule has 0 unspecified atom stereocenters. The van der Waals surface area contributed by atoms with Crippen molar-refractivity contribution in [1.82, 2.24) is 9.97 Å². The fourth-order valence-corrected chi connectivity index (χ4v) is 4.34. The van der Waals surface area contributed by atoms with Gasteiger partial charge in [-0.15, -0.1) is 22.7 Å². The molecule has 27 heavy (non-hydrogen) atoms. The van der Waals surface area contributed by atoms with Crippen molar-refractivity contribution in [2.75, 3.05) is 5.32 Å². The maximum Gasteiger partial charge on any atom is 0.267 e. The zero-order chi connectivity index (χ0) is 18.8. The summed E-state index contributed by atoms with van der Waals surface area (Å²) >= 11 is 3.02. The molecule has 6 heteroatoms. The topological polar surface area (TPSA) is 54.9 Å². The summed E-state index contributed by atoms with van der Waals surface area (Å²) in [5, 5.41) is 6.88. The van der Waals surface area contributed by atoms with E-state index in [-0.39, 0.29) is 5.91 Å². The van der Waals surface area contributed by atoms with Crippen LogP contribution in [0.5, 0.6) is 0 Å². The molecular weight excluding hydrogens is 374 g/mol. The van der Waals surface area contributed by atoms with Crippen LogP contribution in [0.4, 0.5) is 5.69 Å². The lowest BCUT2D eigenvalue weighted by atomic mass is 10.1. The van der Waals surface area contributed by atoms with Crippen LogP contribution in [0.3, 0.4) is 0 Å². The van der Waals surface area contributed by atoms with E-state index in [4.69, 9.17) is 0 Å². The Bertz CT molecular complexity index is 1100. The van der Waals surface area contributed by atoms with Crippen molar-refractivity contribution >= 4 is 34.3 Å². The molecule has 2 aromatic heterocycles. The van der Waals surface area contributed by atoms with Gasteiger partial charge >= 0.3 is 0 Å². The first kappa shape index (κ1) is 17.6. The van der Waals surface area contributed by atoms with Gasteiger partial charge in [0.25, 0.3) is 5.91 Å². The highest BCUT2D eigenvalue weighted by atomic mass is 32.1. The van der Waals surface area contributed by atoms with Crippen molar-refractivity contribution < 1.29 is 4.79 Å². The quantitative estimate of drug-likeness (QED) is 0.478. The molecule has 1 N–H and O–H groups in total. The summed E-state index contributed by atoms with van der Waals surface area (Å²) in [6.07, 6.45) is 0. The Hall–Kier alpha value is -2.83. The van der Waals surface area contributed by atoms with Gasteiger partial charge in [-0.3, -0.25) is 4.79 Å². The molecule has 4 aromatic rings. The smallest absolute Gasteiger partial charge is 0.267 e. The zero-order valence-electron chi connectivity index (χ0n) is 14.9. The summed E-state index contributed by atoms with van der Waals surface area (Å²) in [7, 11) is 0. The molecular formula is C21H17N3OS2. The van der Waals surface area contributed by atoms with Crippen LogP contribution in [0.1, 0.15) is 20.4 Å². The van der Waals surface area contributed by atoms with Gasteiger partial charge in [0.2, 0.25) is 0 Å². The fraction of sp³-hybridized carbons (Fsp3) is 0.0952. The van der Waals surface area contributed by atoms with E-state index in [9.17, 15) is 4.79 Å². The van der Waals surface area contributed by atoms with Gasteiger partial charge in [0.15, 0.2) is 0 Å². The Kier molecular flexibility index (Phi) is 4.83. The summed E-state index contributed by atoms with van der Waals surface area (Å²) in [6, 6.07) is 17.7. The average Bonchev–Trinajstić information content (AvgIpc) is 3.29. The average molecular weight is 392 g/mol. The highest BCUT2D eigenvalue weighted by Gasteiger charge is 2.16. The Morgan fingerprint density at radius 1 is 0.963 bits per heavy atom. The van der Waals surface area contributed by atoms with E-state index in [0.29, 0.717) is 4.88 Å². The van der Waals surface area contributed by atoms with Gasteiger partial charge in [0, 0.05) is 22.2 Å². The number of nitrogens with one attached hydrogen (secondary N) is 1. The van der Waals surface area contributed by atoms with Crippen molar-refractivity contribution in [3.05, 3.63) is 75.6 Å². The highest BCUT2D eigenvalue weighted by Crippen LogP contribution is 2.29. The summed E-state index contributed by atoms with van der Waals surface area (Å²) in [5.74, 6) is -0.140. The number of hydrogen-bond acceptors (Lipinski definition) is 5. The van der Waals surface area contributed by atoms with E-state index in [1.165, 1.54) is 11.3 Å². The largest absolute Gasteiger partial charge is 0.321 e. The third-order valence-corrected chi connectivity index (χ3v) is 6.04. The van der Waals surface area contributed by atoms with Crippen LogP contribution in [-0.4, -0.2) is 15.9 Å². The van der Waals surface area contributed by atoms with Crippen LogP contribution in [-0.2, 0) is 0 Å². The lowest BCUT2D eigenvalue weighted by Crippen LogP contribution is -2.11. The lowest BCUT2D eigenvalue weighted by molar-refractivity contribution is 0.103. The van der Waals surface area contributed by atoms with Gasteiger partial charge in [-0.05, 0) is 26.0 Å². The number of amides is 1. The molecule has 0 aliphatic heterocycles. The minimum Gasteiger partial charge on any atom is -0.321 e.